The van der Waals surface area contributed by atoms with Crippen LogP contribution in [0, 0.1) is 0 Å². The Kier molecular flexibility index (Phi) is 5.20. The zero-order valence-corrected chi connectivity index (χ0v) is 13.4. The maximum absolute atomic E-state index is 12.5. The van der Waals surface area contributed by atoms with Crippen LogP contribution in [0.4, 0.5) is 13.2 Å². The van der Waals surface area contributed by atoms with Crippen molar-refractivity contribution < 1.29 is 23.1 Å². The second kappa shape index (κ2) is 6.83. The first-order valence-corrected chi connectivity index (χ1v) is 7.41. The van der Waals surface area contributed by atoms with Gasteiger partial charge in [-0.1, -0.05) is 23.7 Å². The van der Waals surface area contributed by atoms with Crippen LogP contribution < -0.4 is 5.32 Å². The molecule has 2 aromatic rings. The van der Waals surface area contributed by atoms with E-state index in [1.165, 1.54) is 6.92 Å². The number of amides is 1. The molecule has 128 valence electrons. The molecule has 3 nitrogen and oxygen atoms in total. The average molecular weight is 358 g/mol. The molecule has 1 unspecified atom stereocenters. The van der Waals surface area contributed by atoms with Gasteiger partial charge in [0, 0.05) is 10.6 Å². The van der Waals surface area contributed by atoms with E-state index in [2.05, 4.69) is 5.32 Å². The van der Waals surface area contributed by atoms with E-state index in [0.717, 1.165) is 24.3 Å². The molecule has 0 spiro atoms. The van der Waals surface area contributed by atoms with E-state index in [-0.39, 0.29) is 12.1 Å². The number of carbonyl (C=O) groups is 1. The third kappa shape index (κ3) is 4.49. The molecule has 24 heavy (non-hydrogen) atoms. The molecule has 0 bridgehead atoms. The highest BCUT2D eigenvalue weighted by Gasteiger charge is 2.30. The Hall–Kier alpha value is -2.05. The van der Waals surface area contributed by atoms with E-state index >= 15 is 0 Å². The van der Waals surface area contributed by atoms with Crippen molar-refractivity contribution >= 4 is 17.5 Å². The van der Waals surface area contributed by atoms with Crippen LogP contribution in [0.25, 0.3) is 0 Å². The molecule has 0 heterocycles. The van der Waals surface area contributed by atoms with E-state index in [0.29, 0.717) is 10.6 Å². The monoisotopic (exact) mass is 357 g/mol. The fourth-order valence-corrected chi connectivity index (χ4v) is 2.20. The van der Waals surface area contributed by atoms with Crippen molar-refractivity contribution in [1.29, 1.82) is 0 Å². The third-order valence-electron chi connectivity index (χ3n) is 3.53. The van der Waals surface area contributed by atoms with Gasteiger partial charge in [-0.05, 0) is 48.9 Å². The second-order valence-corrected chi connectivity index (χ2v) is 5.97. The predicted octanol–water partition coefficient (Wildman–Crippen LogP) is 4.00. The quantitative estimate of drug-likeness (QED) is 0.869. The number of aliphatic hydroxyl groups is 1. The normalized spacial score (nSPS) is 14.1. The molecule has 0 radical (unpaired) electrons. The molecule has 0 saturated heterocycles. The van der Waals surface area contributed by atoms with Gasteiger partial charge in [0.2, 0.25) is 0 Å². The molecule has 2 rings (SSSR count). The van der Waals surface area contributed by atoms with Gasteiger partial charge in [0.1, 0.15) is 5.60 Å². The summed E-state index contributed by atoms with van der Waals surface area (Å²) in [6, 6.07) is 10.4. The number of nitrogens with one attached hydrogen (secondary N) is 1. The molecule has 2 aromatic carbocycles. The standard InChI is InChI=1S/C17H15ClF3NO2/c1-16(24,12-6-8-14(18)9-7-12)10-22-15(23)11-2-4-13(5-3-11)17(19,20)21/h2-9,24H,10H2,1H3,(H,22,23). The van der Waals surface area contributed by atoms with Gasteiger partial charge in [-0.2, -0.15) is 13.2 Å². The summed E-state index contributed by atoms with van der Waals surface area (Å²) in [7, 11) is 0. The molecule has 7 heteroatoms. The molecule has 0 fully saturated rings. The van der Waals surface area contributed by atoms with Crippen LogP contribution in [0.15, 0.2) is 48.5 Å². The van der Waals surface area contributed by atoms with Gasteiger partial charge >= 0.3 is 6.18 Å². The van der Waals surface area contributed by atoms with Gasteiger partial charge in [-0.15, -0.1) is 0 Å². The first kappa shape index (κ1) is 18.3. The smallest absolute Gasteiger partial charge is 0.384 e. The molecule has 2 N–H and O–H groups in total. The number of hydrogen-bond acceptors (Lipinski definition) is 2. The van der Waals surface area contributed by atoms with Crippen molar-refractivity contribution in [2.45, 2.75) is 18.7 Å². The molecule has 0 saturated carbocycles. The first-order valence-electron chi connectivity index (χ1n) is 7.03. The molecule has 0 aliphatic carbocycles. The Bertz CT molecular complexity index is 710. The molecule has 1 amide bonds. The summed E-state index contributed by atoms with van der Waals surface area (Å²) in [5.41, 5.74) is -1.53. The van der Waals surface area contributed by atoms with Crippen LogP contribution in [0.2, 0.25) is 5.02 Å². The molecule has 1 atom stereocenters. The van der Waals surface area contributed by atoms with Gasteiger partial charge in [-0.3, -0.25) is 4.79 Å². The minimum Gasteiger partial charge on any atom is -0.384 e. The van der Waals surface area contributed by atoms with Crippen molar-refractivity contribution in [1.82, 2.24) is 5.32 Å². The van der Waals surface area contributed by atoms with Crippen LogP contribution >= 0.6 is 11.6 Å². The van der Waals surface area contributed by atoms with E-state index in [4.69, 9.17) is 11.6 Å². The summed E-state index contributed by atoms with van der Waals surface area (Å²) in [5.74, 6) is -0.571. The van der Waals surface area contributed by atoms with Crippen molar-refractivity contribution in [3.8, 4) is 0 Å². The minimum absolute atomic E-state index is 0.0786. The summed E-state index contributed by atoms with van der Waals surface area (Å²) < 4.78 is 37.5. The lowest BCUT2D eigenvalue weighted by Gasteiger charge is -2.24. The number of hydrogen-bond donors (Lipinski definition) is 2. The van der Waals surface area contributed by atoms with Crippen molar-refractivity contribution in [3.63, 3.8) is 0 Å². The molecular formula is C17H15ClF3NO2. The summed E-state index contributed by atoms with van der Waals surface area (Å²) in [6.07, 6.45) is -4.45. The highest BCUT2D eigenvalue weighted by molar-refractivity contribution is 6.30. The van der Waals surface area contributed by atoms with Gasteiger partial charge in [0.25, 0.3) is 5.91 Å². The minimum atomic E-state index is -4.45. The van der Waals surface area contributed by atoms with Crippen LogP contribution in [-0.2, 0) is 11.8 Å². The van der Waals surface area contributed by atoms with Gasteiger partial charge in [0.15, 0.2) is 0 Å². The third-order valence-corrected chi connectivity index (χ3v) is 3.79. The largest absolute Gasteiger partial charge is 0.416 e. The van der Waals surface area contributed by atoms with Crippen molar-refractivity contribution in [2.24, 2.45) is 0 Å². The van der Waals surface area contributed by atoms with Crippen molar-refractivity contribution in [2.75, 3.05) is 6.54 Å². The summed E-state index contributed by atoms with van der Waals surface area (Å²) in [6.45, 7) is 1.41. The van der Waals surface area contributed by atoms with E-state index in [1.54, 1.807) is 24.3 Å². The maximum Gasteiger partial charge on any atom is 0.416 e. The van der Waals surface area contributed by atoms with Gasteiger partial charge < -0.3 is 10.4 Å². The number of rotatable bonds is 4. The zero-order valence-electron chi connectivity index (χ0n) is 12.7. The SMILES string of the molecule is CC(O)(CNC(=O)c1ccc(C(F)(F)F)cc1)c1ccc(Cl)cc1. The number of carbonyl (C=O) groups excluding carboxylic acids is 1. The maximum atomic E-state index is 12.5. The topological polar surface area (TPSA) is 49.3 Å². The zero-order chi connectivity index (χ0) is 18.0. The van der Waals surface area contributed by atoms with Crippen LogP contribution in [0.5, 0.6) is 0 Å². The molecule has 0 aromatic heterocycles. The van der Waals surface area contributed by atoms with Crippen molar-refractivity contribution in [3.05, 3.63) is 70.2 Å². The molecular weight excluding hydrogens is 343 g/mol. The molecule has 0 aliphatic heterocycles. The number of benzene rings is 2. The lowest BCUT2D eigenvalue weighted by atomic mass is 9.96. The number of alkyl halides is 3. The summed E-state index contributed by atoms with van der Waals surface area (Å²) in [4.78, 5) is 12.0. The molecule has 0 aliphatic rings. The first-order chi connectivity index (χ1) is 11.1. The van der Waals surface area contributed by atoms with E-state index < -0.39 is 23.2 Å². The highest BCUT2D eigenvalue weighted by atomic mass is 35.5. The van der Waals surface area contributed by atoms with Gasteiger partial charge in [-0.25, -0.2) is 0 Å². The van der Waals surface area contributed by atoms with Crippen LogP contribution in [0.1, 0.15) is 28.4 Å². The van der Waals surface area contributed by atoms with E-state index in [1.807, 2.05) is 0 Å². The Labute approximate surface area is 142 Å². The lowest BCUT2D eigenvalue weighted by molar-refractivity contribution is -0.137. The second-order valence-electron chi connectivity index (χ2n) is 5.54. The fourth-order valence-electron chi connectivity index (χ4n) is 2.08. The summed E-state index contributed by atoms with van der Waals surface area (Å²) in [5, 5.41) is 13.4. The van der Waals surface area contributed by atoms with Gasteiger partial charge in [0.05, 0.1) is 12.1 Å². The number of halogens is 4. The Morgan fingerprint density at radius 3 is 2.04 bits per heavy atom. The van der Waals surface area contributed by atoms with Crippen LogP contribution in [0.3, 0.4) is 0 Å². The summed E-state index contributed by atoms with van der Waals surface area (Å²) >= 11 is 5.78. The van der Waals surface area contributed by atoms with Crippen LogP contribution in [-0.4, -0.2) is 17.6 Å². The predicted molar refractivity (Wildman–Crippen MR) is 84.8 cm³/mol. The average Bonchev–Trinajstić information content (AvgIpc) is 2.52. The Morgan fingerprint density at radius 2 is 1.54 bits per heavy atom. The fraction of sp³-hybridized carbons (Fsp3) is 0.235. The van der Waals surface area contributed by atoms with E-state index in [9.17, 15) is 23.1 Å². The highest BCUT2D eigenvalue weighted by Crippen LogP contribution is 2.29. The lowest BCUT2D eigenvalue weighted by Crippen LogP contribution is -2.38. The Balaban J connectivity index is 2.03. The Morgan fingerprint density at radius 1 is 1.04 bits per heavy atom.